The van der Waals surface area contributed by atoms with Crippen LogP contribution in [-0.4, -0.2) is 56.1 Å². The first-order valence-electron chi connectivity index (χ1n) is 5.17. The highest BCUT2D eigenvalue weighted by molar-refractivity contribution is 4.68. The second-order valence-corrected chi connectivity index (χ2v) is 3.81. The van der Waals surface area contributed by atoms with Gasteiger partial charge in [-0.2, -0.15) is 0 Å². The fraction of sp³-hybridized carbons (Fsp3) is 1.00. The van der Waals surface area contributed by atoms with Crippen LogP contribution in [-0.2, 0) is 0 Å². The molecule has 0 spiro atoms. The lowest BCUT2D eigenvalue weighted by Crippen LogP contribution is -2.44. The van der Waals surface area contributed by atoms with E-state index in [2.05, 4.69) is 22.3 Å². The topological polar surface area (TPSA) is 44.5 Å². The smallest absolute Gasteiger partial charge is 0.0110 e. The molecule has 13 heavy (non-hydrogen) atoms. The van der Waals surface area contributed by atoms with E-state index < -0.39 is 0 Å². The minimum atomic E-state index is 0.938. The van der Waals surface area contributed by atoms with Gasteiger partial charge in [-0.3, -0.25) is 11.3 Å². The molecule has 1 rings (SSSR count). The zero-order chi connectivity index (χ0) is 9.52. The Morgan fingerprint density at radius 3 is 2.46 bits per heavy atom. The summed E-state index contributed by atoms with van der Waals surface area (Å²) in [5.41, 5.74) is 2.69. The number of nitrogens with two attached hydrogens (primary N) is 1. The largest absolute Gasteiger partial charge is 0.304 e. The van der Waals surface area contributed by atoms with Gasteiger partial charge in [-0.25, -0.2) is 0 Å². The molecule has 0 saturated carbocycles. The summed E-state index contributed by atoms with van der Waals surface area (Å²) in [5.74, 6) is 5.20. The molecular formula is C9H22N4. The van der Waals surface area contributed by atoms with Gasteiger partial charge in [-0.05, 0) is 26.4 Å². The van der Waals surface area contributed by atoms with Crippen molar-refractivity contribution in [1.82, 2.24) is 15.2 Å². The fourth-order valence-electron chi connectivity index (χ4n) is 1.63. The van der Waals surface area contributed by atoms with Crippen LogP contribution >= 0.6 is 0 Å². The molecule has 0 aromatic carbocycles. The summed E-state index contributed by atoms with van der Waals surface area (Å²) in [4.78, 5) is 4.93. The number of nitrogens with one attached hydrogen (secondary N) is 1. The third-order valence-electron chi connectivity index (χ3n) is 2.64. The maximum Gasteiger partial charge on any atom is 0.0110 e. The Labute approximate surface area is 81.0 Å². The number of hydrazine groups is 1. The Morgan fingerprint density at radius 2 is 1.85 bits per heavy atom. The van der Waals surface area contributed by atoms with Crippen LogP contribution in [0.5, 0.6) is 0 Å². The molecule has 0 atom stereocenters. The van der Waals surface area contributed by atoms with Crippen LogP contribution in [0.4, 0.5) is 0 Å². The predicted octanol–water partition coefficient (Wildman–Crippen LogP) is -0.523. The van der Waals surface area contributed by atoms with Crippen LogP contribution in [0.3, 0.4) is 0 Å². The summed E-state index contributed by atoms with van der Waals surface area (Å²) < 4.78 is 0. The zero-order valence-corrected chi connectivity index (χ0v) is 8.63. The number of likely N-dealkylation sites (N-methyl/N-ethyl adjacent to an activating group) is 1. The van der Waals surface area contributed by atoms with Gasteiger partial charge in [0.05, 0.1) is 0 Å². The molecule has 1 saturated heterocycles. The van der Waals surface area contributed by atoms with E-state index in [1.54, 1.807) is 0 Å². The van der Waals surface area contributed by atoms with E-state index >= 15 is 0 Å². The summed E-state index contributed by atoms with van der Waals surface area (Å²) in [6.07, 6.45) is 2.44. The van der Waals surface area contributed by atoms with Crippen LogP contribution in [0, 0.1) is 0 Å². The van der Waals surface area contributed by atoms with Crippen LogP contribution in [0.1, 0.15) is 12.8 Å². The van der Waals surface area contributed by atoms with Crippen molar-refractivity contribution in [2.24, 2.45) is 5.84 Å². The molecule has 0 bridgehead atoms. The van der Waals surface area contributed by atoms with Crippen molar-refractivity contribution in [3.63, 3.8) is 0 Å². The highest BCUT2D eigenvalue weighted by Gasteiger charge is 2.12. The highest BCUT2D eigenvalue weighted by Crippen LogP contribution is 2.00. The van der Waals surface area contributed by atoms with Crippen LogP contribution < -0.4 is 11.3 Å². The first kappa shape index (κ1) is 10.9. The molecule has 1 aliphatic rings. The van der Waals surface area contributed by atoms with Gasteiger partial charge in [0.25, 0.3) is 0 Å². The third-order valence-corrected chi connectivity index (χ3v) is 2.64. The number of hydrogen-bond acceptors (Lipinski definition) is 4. The van der Waals surface area contributed by atoms with Crippen LogP contribution in [0.2, 0.25) is 0 Å². The standard InChI is InChI=1S/C9H22N4/c1-12-6-8-13(9-7-12)5-3-2-4-11-10/h11H,2-10H2,1H3. The van der Waals surface area contributed by atoms with Crippen LogP contribution in [0.15, 0.2) is 0 Å². The monoisotopic (exact) mass is 186 g/mol. The molecule has 4 nitrogen and oxygen atoms in total. The van der Waals surface area contributed by atoms with E-state index in [-0.39, 0.29) is 0 Å². The molecule has 4 heteroatoms. The minimum absolute atomic E-state index is 0.938. The molecule has 78 valence electrons. The van der Waals surface area contributed by atoms with E-state index in [0.717, 1.165) is 6.54 Å². The van der Waals surface area contributed by atoms with Crippen molar-refractivity contribution in [3.05, 3.63) is 0 Å². The van der Waals surface area contributed by atoms with Gasteiger partial charge in [0.1, 0.15) is 0 Å². The molecule has 0 unspecified atom stereocenters. The molecule has 1 heterocycles. The Kier molecular flexibility index (Phi) is 5.31. The lowest BCUT2D eigenvalue weighted by molar-refractivity contribution is 0.152. The molecule has 3 N–H and O–H groups in total. The van der Waals surface area contributed by atoms with E-state index in [1.165, 1.54) is 45.6 Å². The molecule has 0 radical (unpaired) electrons. The van der Waals surface area contributed by atoms with Crippen molar-refractivity contribution in [1.29, 1.82) is 0 Å². The van der Waals surface area contributed by atoms with Gasteiger partial charge in [0, 0.05) is 32.7 Å². The number of piperazine rings is 1. The number of hydrogen-bond donors (Lipinski definition) is 2. The molecule has 0 amide bonds. The Balaban J connectivity index is 1.96. The maximum absolute atomic E-state index is 5.20. The van der Waals surface area contributed by atoms with Gasteiger partial charge in [-0.15, -0.1) is 0 Å². The average molecular weight is 186 g/mol. The molecule has 0 aromatic rings. The summed E-state index contributed by atoms with van der Waals surface area (Å²) in [7, 11) is 2.19. The normalized spacial score (nSPS) is 20.8. The SMILES string of the molecule is CN1CCN(CCCCNN)CC1. The van der Waals surface area contributed by atoms with E-state index in [0.29, 0.717) is 0 Å². The molecule has 1 aliphatic heterocycles. The van der Waals surface area contributed by atoms with Gasteiger partial charge >= 0.3 is 0 Å². The van der Waals surface area contributed by atoms with E-state index in [9.17, 15) is 0 Å². The average Bonchev–Trinajstić information content (AvgIpc) is 2.15. The summed E-state index contributed by atoms with van der Waals surface area (Å²) in [5, 5.41) is 0. The quantitative estimate of drug-likeness (QED) is 0.344. The molecule has 0 aliphatic carbocycles. The van der Waals surface area contributed by atoms with Crippen molar-refractivity contribution < 1.29 is 0 Å². The van der Waals surface area contributed by atoms with Crippen molar-refractivity contribution in [3.8, 4) is 0 Å². The van der Waals surface area contributed by atoms with Gasteiger partial charge in [-0.1, -0.05) is 0 Å². The van der Waals surface area contributed by atoms with Crippen molar-refractivity contribution >= 4 is 0 Å². The molecular weight excluding hydrogens is 164 g/mol. The number of unbranched alkanes of at least 4 members (excludes halogenated alkanes) is 1. The molecule has 1 fully saturated rings. The molecule has 0 aromatic heterocycles. The third kappa shape index (κ3) is 4.57. The summed E-state index contributed by atoms with van der Waals surface area (Å²) in [6, 6.07) is 0. The van der Waals surface area contributed by atoms with Gasteiger partial charge < -0.3 is 9.80 Å². The first-order chi connectivity index (χ1) is 6.33. The Hall–Kier alpha value is -0.160. The Bertz CT molecular complexity index is 121. The second-order valence-electron chi connectivity index (χ2n) is 3.81. The van der Waals surface area contributed by atoms with E-state index in [4.69, 9.17) is 5.84 Å². The maximum atomic E-state index is 5.20. The summed E-state index contributed by atoms with van der Waals surface area (Å²) >= 11 is 0. The van der Waals surface area contributed by atoms with Gasteiger partial charge in [0.15, 0.2) is 0 Å². The number of rotatable bonds is 5. The lowest BCUT2D eigenvalue weighted by Gasteiger charge is -2.32. The second kappa shape index (κ2) is 6.32. The van der Waals surface area contributed by atoms with Crippen molar-refractivity contribution in [2.45, 2.75) is 12.8 Å². The first-order valence-corrected chi connectivity index (χ1v) is 5.17. The highest BCUT2D eigenvalue weighted by atomic mass is 15.2. The van der Waals surface area contributed by atoms with Crippen molar-refractivity contribution in [2.75, 3.05) is 46.3 Å². The lowest BCUT2D eigenvalue weighted by atomic mass is 10.2. The Morgan fingerprint density at radius 1 is 1.15 bits per heavy atom. The number of nitrogens with zero attached hydrogens (tertiary/aromatic N) is 2. The summed E-state index contributed by atoms with van der Waals surface area (Å²) in [6.45, 7) is 7.06. The minimum Gasteiger partial charge on any atom is -0.304 e. The zero-order valence-electron chi connectivity index (χ0n) is 8.63. The fourth-order valence-corrected chi connectivity index (χ4v) is 1.63. The van der Waals surface area contributed by atoms with E-state index in [1.807, 2.05) is 0 Å². The van der Waals surface area contributed by atoms with Crippen LogP contribution in [0.25, 0.3) is 0 Å². The van der Waals surface area contributed by atoms with Gasteiger partial charge in [0.2, 0.25) is 0 Å². The predicted molar refractivity (Wildman–Crippen MR) is 55.4 cm³/mol.